The zero-order chi connectivity index (χ0) is 13.7. The summed E-state index contributed by atoms with van der Waals surface area (Å²) in [5.74, 6) is 0.227. The summed E-state index contributed by atoms with van der Waals surface area (Å²) in [5, 5.41) is 3.37. The average molecular weight is 260 g/mol. The van der Waals surface area contributed by atoms with Crippen molar-refractivity contribution in [1.82, 2.24) is 10.2 Å². The Hall–Kier alpha value is -1.35. The standard InChI is InChI=1S/C16H24N2O/c1-13-8-5-6-9-14(13)12-18(2)16(19)15-10-4-3-7-11-17-15/h5-6,8-9,15,17H,3-4,7,10-12H2,1-2H3. The molecule has 2 rings (SSSR count). The molecule has 0 bridgehead atoms. The Morgan fingerprint density at radius 3 is 2.89 bits per heavy atom. The van der Waals surface area contributed by atoms with Gasteiger partial charge in [-0.05, 0) is 37.4 Å². The lowest BCUT2D eigenvalue weighted by Crippen LogP contribution is -2.44. The lowest BCUT2D eigenvalue weighted by molar-refractivity contribution is -0.132. The van der Waals surface area contributed by atoms with E-state index in [1.165, 1.54) is 24.0 Å². The third kappa shape index (κ3) is 3.80. The summed E-state index contributed by atoms with van der Waals surface area (Å²) in [7, 11) is 1.90. The average Bonchev–Trinajstić information content (AvgIpc) is 2.69. The molecule has 1 aliphatic rings. The van der Waals surface area contributed by atoms with Crippen molar-refractivity contribution in [3.05, 3.63) is 35.4 Å². The van der Waals surface area contributed by atoms with Crippen LogP contribution in [0.5, 0.6) is 0 Å². The second-order valence-corrected chi connectivity index (χ2v) is 5.48. The number of likely N-dealkylation sites (N-methyl/N-ethyl adjacent to an activating group) is 1. The van der Waals surface area contributed by atoms with Gasteiger partial charge in [0.2, 0.25) is 5.91 Å². The van der Waals surface area contributed by atoms with Crippen LogP contribution in [0.25, 0.3) is 0 Å². The molecule has 1 fully saturated rings. The van der Waals surface area contributed by atoms with Crippen LogP contribution < -0.4 is 5.32 Å². The third-order valence-electron chi connectivity index (χ3n) is 3.90. The Balaban J connectivity index is 1.97. The van der Waals surface area contributed by atoms with Crippen molar-refractivity contribution in [2.75, 3.05) is 13.6 Å². The maximum absolute atomic E-state index is 12.4. The molecule has 1 saturated heterocycles. The molecule has 104 valence electrons. The predicted octanol–water partition coefficient (Wildman–Crippen LogP) is 2.49. The maximum atomic E-state index is 12.4. The predicted molar refractivity (Wildman–Crippen MR) is 77.9 cm³/mol. The van der Waals surface area contributed by atoms with Gasteiger partial charge in [-0.3, -0.25) is 4.79 Å². The first-order chi connectivity index (χ1) is 9.18. The summed E-state index contributed by atoms with van der Waals surface area (Å²) in [4.78, 5) is 14.3. The molecule has 3 heteroatoms. The molecule has 1 atom stereocenters. The number of carbonyl (C=O) groups excluding carboxylic acids is 1. The van der Waals surface area contributed by atoms with E-state index in [0.29, 0.717) is 6.54 Å². The number of rotatable bonds is 3. The minimum atomic E-state index is 0.0107. The lowest BCUT2D eigenvalue weighted by Gasteiger charge is -2.24. The topological polar surface area (TPSA) is 32.3 Å². The van der Waals surface area contributed by atoms with E-state index in [1.807, 2.05) is 24.1 Å². The van der Waals surface area contributed by atoms with Gasteiger partial charge in [0, 0.05) is 13.6 Å². The molecular formula is C16H24N2O. The fourth-order valence-corrected chi connectivity index (χ4v) is 2.63. The molecule has 0 saturated carbocycles. The van der Waals surface area contributed by atoms with Crippen LogP contribution in [0.2, 0.25) is 0 Å². The van der Waals surface area contributed by atoms with Crippen LogP contribution in [0, 0.1) is 6.92 Å². The van der Waals surface area contributed by atoms with E-state index >= 15 is 0 Å². The van der Waals surface area contributed by atoms with Crippen LogP contribution in [0.1, 0.15) is 36.8 Å². The Labute approximate surface area is 116 Å². The second-order valence-electron chi connectivity index (χ2n) is 5.48. The molecule has 1 heterocycles. The van der Waals surface area contributed by atoms with Crippen LogP contribution in [-0.4, -0.2) is 30.4 Å². The normalized spacial score (nSPS) is 19.8. The molecule has 1 N–H and O–H groups in total. The van der Waals surface area contributed by atoms with Crippen molar-refractivity contribution in [3.63, 3.8) is 0 Å². The van der Waals surface area contributed by atoms with E-state index < -0.39 is 0 Å². The maximum Gasteiger partial charge on any atom is 0.239 e. The van der Waals surface area contributed by atoms with Crippen LogP contribution >= 0.6 is 0 Å². The summed E-state index contributed by atoms with van der Waals surface area (Å²) in [6.45, 7) is 3.76. The van der Waals surface area contributed by atoms with E-state index in [4.69, 9.17) is 0 Å². The molecular weight excluding hydrogens is 236 g/mol. The van der Waals surface area contributed by atoms with Gasteiger partial charge >= 0.3 is 0 Å². The molecule has 0 radical (unpaired) electrons. The minimum absolute atomic E-state index is 0.0107. The van der Waals surface area contributed by atoms with E-state index in [2.05, 4.69) is 24.4 Å². The number of hydrogen-bond donors (Lipinski definition) is 1. The van der Waals surface area contributed by atoms with Gasteiger partial charge < -0.3 is 10.2 Å². The number of carbonyl (C=O) groups is 1. The monoisotopic (exact) mass is 260 g/mol. The van der Waals surface area contributed by atoms with Crippen molar-refractivity contribution >= 4 is 5.91 Å². The van der Waals surface area contributed by atoms with Crippen LogP contribution in [0.15, 0.2) is 24.3 Å². The van der Waals surface area contributed by atoms with E-state index in [0.717, 1.165) is 19.4 Å². The minimum Gasteiger partial charge on any atom is -0.340 e. The SMILES string of the molecule is Cc1ccccc1CN(C)C(=O)C1CCCCCN1. The number of benzene rings is 1. The molecule has 3 nitrogen and oxygen atoms in total. The molecule has 1 unspecified atom stereocenters. The Morgan fingerprint density at radius 1 is 1.32 bits per heavy atom. The zero-order valence-electron chi connectivity index (χ0n) is 12.0. The van der Waals surface area contributed by atoms with Crippen molar-refractivity contribution in [3.8, 4) is 0 Å². The highest BCUT2D eigenvalue weighted by atomic mass is 16.2. The van der Waals surface area contributed by atoms with Gasteiger partial charge in [0.15, 0.2) is 0 Å². The Bertz CT molecular complexity index is 423. The van der Waals surface area contributed by atoms with Crippen LogP contribution in [0.4, 0.5) is 0 Å². The third-order valence-corrected chi connectivity index (χ3v) is 3.90. The first kappa shape index (κ1) is 14.1. The second kappa shape index (κ2) is 6.71. The van der Waals surface area contributed by atoms with E-state index in [-0.39, 0.29) is 11.9 Å². The summed E-state index contributed by atoms with van der Waals surface area (Å²) in [5.41, 5.74) is 2.47. The van der Waals surface area contributed by atoms with E-state index in [1.54, 1.807) is 0 Å². The first-order valence-corrected chi connectivity index (χ1v) is 7.21. The number of nitrogens with zero attached hydrogens (tertiary/aromatic N) is 1. The smallest absolute Gasteiger partial charge is 0.239 e. The summed E-state index contributed by atoms with van der Waals surface area (Å²) >= 11 is 0. The fourth-order valence-electron chi connectivity index (χ4n) is 2.63. The molecule has 0 spiro atoms. The van der Waals surface area contributed by atoms with Crippen molar-refractivity contribution in [1.29, 1.82) is 0 Å². The lowest BCUT2D eigenvalue weighted by atomic mass is 10.1. The van der Waals surface area contributed by atoms with Gasteiger partial charge in [0.25, 0.3) is 0 Å². The molecule has 0 aromatic heterocycles. The number of amides is 1. The Kier molecular flexibility index (Phi) is 4.97. The Morgan fingerprint density at radius 2 is 2.11 bits per heavy atom. The zero-order valence-corrected chi connectivity index (χ0v) is 12.0. The summed E-state index contributed by atoms with van der Waals surface area (Å²) in [6, 6.07) is 8.27. The summed E-state index contributed by atoms with van der Waals surface area (Å²) < 4.78 is 0. The fraction of sp³-hybridized carbons (Fsp3) is 0.562. The van der Waals surface area contributed by atoms with Gasteiger partial charge in [-0.15, -0.1) is 0 Å². The van der Waals surface area contributed by atoms with Crippen molar-refractivity contribution < 1.29 is 4.79 Å². The quantitative estimate of drug-likeness (QED) is 0.905. The van der Waals surface area contributed by atoms with Gasteiger partial charge in [-0.2, -0.15) is 0 Å². The van der Waals surface area contributed by atoms with Gasteiger partial charge in [0.05, 0.1) is 6.04 Å². The number of nitrogens with one attached hydrogen (secondary N) is 1. The highest BCUT2D eigenvalue weighted by Gasteiger charge is 2.22. The van der Waals surface area contributed by atoms with Crippen molar-refractivity contribution in [2.24, 2.45) is 0 Å². The van der Waals surface area contributed by atoms with Crippen molar-refractivity contribution in [2.45, 2.75) is 45.2 Å². The molecule has 1 aromatic rings. The van der Waals surface area contributed by atoms with Gasteiger partial charge in [-0.1, -0.05) is 37.1 Å². The molecule has 1 aliphatic heterocycles. The molecule has 1 amide bonds. The molecule has 19 heavy (non-hydrogen) atoms. The molecule has 1 aromatic carbocycles. The first-order valence-electron chi connectivity index (χ1n) is 7.21. The molecule has 0 aliphatic carbocycles. The number of hydrogen-bond acceptors (Lipinski definition) is 2. The number of aryl methyl sites for hydroxylation is 1. The van der Waals surface area contributed by atoms with Gasteiger partial charge in [0.1, 0.15) is 0 Å². The highest BCUT2D eigenvalue weighted by molar-refractivity contribution is 5.81. The van der Waals surface area contributed by atoms with Crippen LogP contribution in [-0.2, 0) is 11.3 Å². The highest BCUT2D eigenvalue weighted by Crippen LogP contribution is 2.13. The largest absolute Gasteiger partial charge is 0.340 e. The van der Waals surface area contributed by atoms with Gasteiger partial charge in [-0.25, -0.2) is 0 Å². The summed E-state index contributed by atoms with van der Waals surface area (Å²) in [6.07, 6.45) is 4.54. The van der Waals surface area contributed by atoms with Crippen LogP contribution in [0.3, 0.4) is 0 Å². The van der Waals surface area contributed by atoms with E-state index in [9.17, 15) is 4.79 Å².